The topological polar surface area (TPSA) is 6.48 Å². The van der Waals surface area contributed by atoms with Crippen molar-refractivity contribution in [2.75, 3.05) is 32.7 Å². The predicted octanol–water partition coefficient (Wildman–Crippen LogP) is 3.43. The van der Waals surface area contributed by atoms with Crippen LogP contribution in [0.15, 0.2) is 30.3 Å². The third kappa shape index (κ3) is 2.46. The minimum Gasteiger partial charge on any atom is -0.302 e. The normalized spacial score (nSPS) is 45.3. The predicted molar refractivity (Wildman–Crippen MR) is 94.4 cm³/mol. The highest BCUT2D eigenvalue weighted by atomic mass is 15.2. The van der Waals surface area contributed by atoms with E-state index in [0.29, 0.717) is 5.41 Å². The van der Waals surface area contributed by atoms with Gasteiger partial charge in [-0.2, -0.15) is 0 Å². The summed E-state index contributed by atoms with van der Waals surface area (Å²) in [6, 6.07) is 12.2. The summed E-state index contributed by atoms with van der Waals surface area (Å²) in [7, 11) is 0. The van der Waals surface area contributed by atoms with Crippen molar-refractivity contribution >= 4 is 0 Å². The third-order valence-corrected chi connectivity index (χ3v) is 7.28. The average Bonchev–Trinajstić information content (AvgIpc) is 3.05. The monoisotopic (exact) mass is 310 g/mol. The Kier molecular flexibility index (Phi) is 3.52. The molecule has 1 aromatic carbocycles. The Morgan fingerprint density at radius 1 is 1.00 bits per heavy atom. The average molecular weight is 310 g/mol. The van der Waals surface area contributed by atoms with E-state index in [0.717, 1.165) is 17.9 Å². The van der Waals surface area contributed by atoms with Gasteiger partial charge in [0.15, 0.2) is 0 Å². The first-order valence-corrected chi connectivity index (χ1v) is 9.83. The first-order chi connectivity index (χ1) is 11.3. The molecule has 0 radical (unpaired) electrons. The van der Waals surface area contributed by atoms with Crippen molar-refractivity contribution in [3.8, 4) is 0 Å². The molecule has 4 saturated heterocycles. The van der Waals surface area contributed by atoms with Crippen molar-refractivity contribution in [1.82, 2.24) is 9.80 Å². The maximum Gasteiger partial charge on any atom is 0.0196 e. The molecule has 23 heavy (non-hydrogen) atoms. The second-order valence-corrected chi connectivity index (χ2v) is 8.79. The zero-order valence-electron chi connectivity index (χ0n) is 14.3. The van der Waals surface area contributed by atoms with E-state index in [1.165, 1.54) is 71.2 Å². The number of nitrogens with zero attached hydrogens (tertiary/aromatic N) is 2. The standard InChI is InChI=1S/C21H30N2/c1-2-5-17(6-3-1)13-21(14-18-8-11-22(15-18)16-21)20-19-7-4-10-23(20)12-9-19/h1-3,5-6,18-20H,4,7-16H2. The molecule has 0 aliphatic carbocycles. The lowest BCUT2D eigenvalue weighted by Gasteiger charge is -2.52. The molecule has 6 unspecified atom stereocenters. The Balaban J connectivity index is 1.51. The van der Waals surface area contributed by atoms with Gasteiger partial charge in [-0.1, -0.05) is 30.3 Å². The summed E-state index contributed by atoms with van der Waals surface area (Å²) in [6.07, 6.45) is 8.63. The minimum atomic E-state index is 0.516. The summed E-state index contributed by atoms with van der Waals surface area (Å²) in [5.41, 5.74) is 2.09. The second kappa shape index (κ2) is 5.60. The van der Waals surface area contributed by atoms with Crippen LogP contribution in [0.5, 0.6) is 0 Å². The molecule has 1 aromatic rings. The van der Waals surface area contributed by atoms with Gasteiger partial charge in [-0.3, -0.25) is 4.90 Å². The van der Waals surface area contributed by atoms with Crippen LogP contribution >= 0.6 is 0 Å². The Morgan fingerprint density at radius 3 is 2.74 bits per heavy atom. The van der Waals surface area contributed by atoms with E-state index < -0.39 is 0 Å². The molecule has 4 bridgehead atoms. The van der Waals surface area contributed by atoms with Gasteiger partial charge in [0, 0.05) is 24.5 Å². The molecular weight excluding hydrogens is 280 g/mol. The molecule has 2 nitrogen and oxygen atoms in total. The fourth-order valence-corrected chi connectivity index (χ4v) is 6.68. The fraction of sp³-hybridized carbons (Fsp3) is 0.714. The summed E-state index contributed by atoms with van der Waals surface area (Å²) in [5.74, 6) is 1.95. The molecule has 0 saturated carbocycles. The molecule has 4 aliphatic heterocycles. The van der Waals surface area contributed by atoms with Gasteiger partial charge >= 0.3 is 0 Å². The lowest BCUT2D eigenvalue weighted by Crippen LogP contribution is -2.57. The van der Waals surface area contributed by atoms with Crippen molar-refractivity contribution in [2.45, 2.75) is 44.6 Å². The van der Waals surface area contributed by atoms with E-state index in [9.17, 15) is 0 Å². The lowest BCUT2D eigenvalue weighted by molar-refractivity contribution is -0.0153. The Morgan fingerprint density at radius 2 is 1.91 bits per heavy atom. The van der Waals surface area contributed by atoms with Gasteiger partial charge < -0.3 is 4.90 Å². The second-order valence-electron chi connectivity index (χ2n) is 8.79. The molecule has 5 rings (SSSR count). The SMILES string of the molecule is c1ccc(CC2(C3C4CCCN3CC4)CC3CCN(C3)C2)cc1. The molecular formula is C21H30N2. The van der Waals surface area contributed by atoms with E-state index in [4.69, 9.17) is 0 Å². The highest BCUT2D eigenvalue weighted by Gasteiger charge is 2.54. The zero-order valence-corrected chi connectivity index (χ0v) is 14.3. The third-order valence-electron chi connectivity index (χ3n) is 7.28. The molecule has 4 heterocycles. The molecule has 0 spiro atoms. The van der Waals surface area contributed by atoms with Crippen LogP contribution in [-0.4, -0.2) is 48.6 Å². The highest BCUT2D eigenvalue weighted by Crippen LogP contribution is 2.51. The Hall–Kier alpha value is -0.860. The van der Waals surface area contributed by atoms with Crippen LogP contribution in [0.1, 0.15) is 37.7 Å². The molecule has 2 heteroatoms. The number of benzene rings is 1. The van der Waals surface area contributed by atoms with E-state index >= 15 is 0 Å². The largest absolute Gasteiger partial charge is 0.302 e. The number of rotatable bonds is 3. The van der Waals surface area contributed by atoms with Crippen LogP contribution in [0, 0.1) is 17.3 Å². The van der Waals surface area contributed by atoms with E-state index in [-0.39, 0.29) is 0 Å². The van der Waals surface area contributed by atoms with E-state index in [1.54, 1.807) is 5.56 Å². The van der Waals surface area contributed by atoms with E-state index in [1.807, 2.05) is 0 Å². The van der Waals surface area contributed by atoms with E-state index in [2.05, 4.69) is 40.1 Å². The van der Waals surface area contributed by atoms with Gasteiger partial charge in [-0.25, -0.2) is 0 Å². The maximum atomic E-state index is 2.89. The van der Waals surface area contributed by atoms with Gasteiger partial charge in [0.05, 0.1) is 0 Å². The fourth-order valence-electron chi connectivity index (χ4n) is 6.68. The number of hydrogen-bond acceptors (Lipinski definition) is 2. The molecule has 0 N–H and O–H groups in total. The Bertz CT molecular complexity index is 526. The van der Waals surface area contributed by atoms with Crippen LogP contribution < -0.4 is 0 Å². The smallest absolute Gasteiger partial charge is 0.0196 e. The first kappa shape index (κ1) is 14.5. The van der Waals surface area contributed by atoms with Crippen LogP contribution in [0.25, 0.3) is 0 Å². The van der Waals surface area contributed by atoms with Crippen LogP contribution in [-0.2, 0) is 6.42 Å². The van der Waals surface area contributed by atoms with Crippen molar-refractivity contribution < 1.29 is 0 Å². The molecule has 4 fully saturated rings. The highest BCUT2D eigenvalue weighted by molar-refractivity contribution is 5.20. The van der Waals surface area contributed by atoms with Gasteiger partial charge in [0.25, 0.3) is 0 Å². The minimum absolute atomic E-state index is 0.516. The van der Waals surface area contributed by atoms with Gasteiger partial charge in [-0.05, 0) is 75.6 Å². The molecule has 0 amide bonds. The summed E-state index contributed by atoms with van der Waals surface area (Å²) < 4.78 is 0. The van der Waals surface area contributed by atoms with Crippen molar-refractivity contribution in [1.29, 1.82) is 0 Å². The molecule has 4 aliphatic rings. The van der Waals surface area contributed by atoms with Gasteiger partial charge in [-0.15, -0.1) is 0 Å². The zero-order chi connectivity index (χ0) is 15.3. The number of fused-ring (bicyclic) bond motifs is 4. The molecule has 124 valence electrons. The lowest BCUT2D eigenvalue weighted by atomic mass is 9.63. The van der Waals surface area contributed by atoms with Gasteiger partial charge in [0.1, 0.15) is 0 Å². The van der Waals surface area contributed by atoms with Crippen molar-refractivity contribution in [2.24, 2.45) is 17.3 Å². The van der Waals surface area contributed by atoms with Crippen molar-refractivity contribution in [3.05, 3.63) is 35.9 Å². The van der Waals surface area contributed by atoms with Crippen LogP contribution in [0.3, 0.4) is 0 Å². The van der Waals surface area contributed by atoms with Crippen LogP contribution in [0.4, 0.5) is 0 Å². The summed E-state index contributed by atoms with van der Waals surface area (Å²) >= 11 is 0. The van der Waals surface area contributed by atoms with Crippen LogP contribution in [0.2, 0.25) is 0 Å². The van der Waals surface area contributed by atoms with Gasteiger partial charge in [0.2, 0.25) is 0 Å². The Labute approximate surface area is 140 Å². The number of hydrogen-bond donors (Lipinski definition) is 0. The summed E-state index contributed by atoms with van der Waals surface area (Å²) in [5, 5.41) is 0. The molecule has 0 aromatic heterocycles. The first-order valence-electron chi connectivity index (χ1n) is 9.83. The number of piperidine rings is 2. The quantitative estimate of drug-likeness (QED) is 0.844. The maximum absolute atomic E-state index is 2.89. The molecule has 6 atom stereocenters. The summed E-state index contributed by atoms with van der Waals surface area (Å²) in [4.78, 5) is 5.69. The summed E-state index contributed by atoms with van der Waals surface area (Å²) in [6.45, 7) is 6.83. The van der Waals surface area contributed by atoms with Crippen molar-refractivity contribution in [3.63, 3.8) is 0 Å².